The second-order valence-electron chi connectivity index (χ2n) is 5.61. The lowest BCUT2D eigenvalue weighted by molar-refractivity contribution is 0.0305. The van der Waals surface area contributed by atoms with Crippen molar-refractivity contribution in [2.45, 2.75) is 32.8 Å². The van der Waals surface area contributed by atoms with Gasteiger partial charge in [0.05, 0.1) is 12.2 Å². The molecule has 0 aromatic heterocycles. The summed E-state index contributed by atoms with van der Waals surface area (Å²) < 4.78 is 0. The fourth-order valence-electron chi connectivity index (χ4n) is 4.28. The fraction of sp³-hybridized carbons (Fsp3) is 0.786. The summed E-state index contributed by atoms with van der Waals surface area (Å²) in [5, 5.41) is 19.0. The van der Waals surface area contributed by atoms with Gasteiger partial charge < -0.3 is 5.11 Å². The molecule has 2 aliphatic rings. The average Bonchev–Trinajstić information content (AvgIpc) is 2.83. The molecular formula is C14H21NO. The number of fused-ring (bicyclic) bond motifs is 2. The maximum absolute atomic E-state index is 9.91. The van der Waals surface area contributed by atoms with Gasteiger partial charge in [-0.1, -0.05) is 6.08 Å². The molecule has 2 aliphatic carbocycles. The third-order valence-corrected chi connectivity index (χ3v) is 4.82. The maximum Gasteiger partial charge on any atom is 0.0656 e. The maximum atomic E-state index is 9.91. The van der Waals surface area contributed by atoms with Crippen LogP contribution in [0.4, 0.5) is 0 Å². The molecule has 2 heteroatoms. The first-order valence-corrected chi connectivity index (χ1v) is 6.30. The third kappa shape index (κ3) is 1.58. The minimum Gasteiger partial charge on any atom is -0.393 e. The Labute approximate surface area is 98.0 Å². The smallest absolute Gasteiger partial charge is 0.0656 e. The first kappa shape index (κ1) is 11.7. The van der Waals surface area contributed by atoms with Gasteiger partial charge >= 0.3 is 0 Å². The van der Waals surface area contributed by atoms with Crippen LogP contribution in [0.1, 0.15) is 26.7 Å². The van der Waals surface area contributed by atoms with Crippen LogP contribution in [0.15, 0.2) is 12.7 Å². The van der Waals surface area contributed by atoms with Gasteiger partial charge in [-0.05, 0) is 56.3 Å². The van der Waals surface area contributed by atoms with E-state index in [1.54, 1.807) is 0 Å². The van der Waals surface area contributed by atoms with Crippen LogP contribution in [-0.2, 0) is 0 Å². The van der Waals surface area contributed by atoms with Crippen molar-refractivity contribution < 1.29 is 5.11 Å². The summed E-state index contributed by atoms with van der Waals surface area (Å²) in [4.78, 5) is 0. The van der Waals surface area contributed by atoms with Gasteiger partial charge in [-0.2, -0.15) is 5.26 Å². The zero-order chi connectivity index (χ0) is 11.9. The topological polar surface area (TPSA) is 44.0 Å². The van der Waals surface area contributed by atoms with Crippen LogP contribution in [0.5, 0.6) is 0 Å². The van der Waals surface area contributed by atoms with E-state index in [2.05, 4.69) is 18.7 Å². The van der Waals surface area contributed by atoms with Gasteiger partial charge in [0.15, 0.2) is 0 Å². The van der Waals surface area contributed by atoms with Crippen molar-refractivity contribution >= 4 is 0 Å². The molecule has 2 nitrogen and oxygen atoms in total. The summed E-state index contributed by atoms with van der Waals surface area (Å²) in [6.45, 7) is 7.79. The predicted molar refractivity (Wildman–Crippen MR) is 63.3 cm³/mol. The van der Waals surface area contributed by atoms with Gasteiger partial charge in [0, 0.05) is 5.92 Å². The SMILES string of the molecule is C=C[C@H]1CC2CC1C(C(C)C#N)C2C(C)O. The zero-order valence-electron chi connectivity index (χ0n) is 10.1. The van der Waals surface area contributed by atoms with E-state index in [-0.39, 0.29) is 12.0 Å². The molecule has 16 heavy (non-hydrogen) atoms. The highest BCUT2D eigenvalue weighted by molar-refractivity contribution is 5.09. The molecule has 0 aromatic carbocycles. The van der Waals surface area contributed by atoms with Crippen LogP contribution in [0.25, 0.3) is 0 Å². The second kappa shape index (κ2) is 4.22. The monoisotopic (exact) mass is 219 g/mol. The van der Waals surface area contributed by atoms with E-state index in [4.69, 9.17) is 5.26 Å². The summed E-state index contributed by atoms with van der Waals surface area (Å²) in [7, 11) is 0. The van der Waals surface area contributed by atoms with Crippen molar-refractivity contribution in [3.8, 4) is 6.07 Å². The third-order valence-electron chi connectivity index (χ3n) is 4.82. The van der Waals surface area contributed by atoms with Crippen molar-refractivity contribution in [1.29, 1.82) is 5.26 Å². The first-order chi connectivity index (χ1) is 7.60. The highest BCUT2D eigenvalue weighted by Crippen LogP contribution is 2.58. The van der Waals surface area contributed by atoms with E-state index >= 15 is 0 Å². The number of hydrogen-bond acceptors (Lipinski definition) is 2. The Morgan fingerprint density at radius 2 is 2.06 bits per heavy atom. The molecule has 2 rings (SSSR count). The van der Waals surface area contributed by atoms with Crippen molar-refractivity contribution in [3.05, 3.63) is 12.7 Å². The van der Waals surface area contributed by atoms with Crippen LogP contribution < -0.4 is 0 Å². The van der Waals surface area contributed by atoms with Crippen molar-refractivity contribution in [1.82, 2.24) is 0 Å². The van der Waals surface area contributed by atoms with Crippen LogP contribution in [0.2, 0.25) is 0 Å². The number of nitrogens with zero attached hydrogens (tertiary/aromatic N) is 1. The van der Waals surface area contributed by atoms with E-state index < -0.39 is 0 Å². The van der Waals surface area contributed by atoms with Crippen LogP contribution in [-0.4, -0.2) is 11.2 Å². The molecule has 2 fully saturated rings. The summed E-state index contributed by atoms with van der Waals surface area (Å²) in [6, 6.07) is 2.38. The Balaban J connectivity index is 2.24. The molecule has 0 heterocycles. The molecule has 0 amide bonds. The van der Waals surface area contributed by atoms with Crippen molar-refractivity contribution in [2.75, 3.05) is 0 Å². The number of aliphatic hydroxyl groups excluding tert-OH is 1. The van der Waals surface area contributed by atoms with Crippen LogP contribution >= 0.6 is 0 Å². The molecule has 0 aliphatic heterocycles. The Kier molecular flexibility index (Phi) is 3.08. The number of nitriles is 1. The van der Waals surface area contributed by atoms with E-state index in [0.717, 1.165) is 0 Å². The Morgan fingerprint density at radius 3 is 2.56 bits per heavy atom. The minimum absolute atomic E-state index is 0.0531. The number of aliphatic hydroxyl groups is 1. The number of rotatable bonds is 3. The summed E-state index contributed by atoms with van der Waals surface area (Å²) in [6.07, 6.45) is 4.13. The fourth-order valence-corrected chi connectivity index (χ4v) is 4.28. The Morgan fingerprint density at radius 1 is 1.38 bits per heavy atom. The van der Waals surface area contributed by atoms with Gasteiger partial charge in [0.2, 0.25) is 0 Å². The molecule has 88 valence electrons. The molecule has 0 aromatic rings. The predicted octanol–water partition coefficient (Wildman–Crippen LogP) is 2.60. The molecule has 6 unspecified atom stereocenters. The quantitative estimate of drug-likeness (QED) is 0.741. The normalized spacial score (nSPS) is 45.0. The van der Waals surface area contributed by atoms with Crippen LogP contribution in [0, 0.1) is 46.8 Å². The molecule has 7 atom stereocenters. The molecule has 2 saturated carbocycles. The summed E-state index contributed by atoms with van der Waals surface area (Å²) in [5.74, 6) is 2.51. The first-order valence-electron chi connectivity index (χ1n) is 6.30. The highest BCUT2D eigenvalue weighted by atomic mass is 16.3. The Hall–Kier alpha value is -0.810. The zero-order valence-corrected chi connectivity index (χ0v) is 10.1. The molecule has 1 N–H and O–H groups in total. The van der Waals surface area contributed by atoms with Gasteiger partial charge in [-0.3, -0.25) is 0 Å². The molecular weight excluding hydrogens is 198 g/mol. The van der Waals surface area contributed by atoms with E-state index in [9.17, 15) is 5.11 Å². The molecule has 0 saturated heterocycles. The lowest BCUT2D eigenvalue weighted by atomic mass is 9.67. The summed E-state index contributed by atoms with van der Waals surface area (Å²) >= 11 is 0. The van der Waals surface area contributed by atoms with E-state index in [0.29, 0.717) is 29.6 Å². The van der Waals surface area contributed by atoms with Crippen LogP contribution in [0.3, 0.4) is 0 Å². The molecule has 0 radical (unpaired) electrons. The van der Waals surface area contributed by atoms with E-state index in [1.807, 2.05) is 13.8 Å². The van der Waals surface area contributed by atoms with E-state index in [1.165, 1.54) is 12.8 Å². The van der Waals surface area contributed by atoms with Gasteiger partial charge in [0.1, 0.15) is 0 Å². The summed E-state index contributed by atoms with van der Waals surface area (Å²) in [5.41, 5.74) is 0. The largest absolute Gasteiger partial charge is 0.393 e. The lowest BCUT2D eigenvalue weighted by Crippen LogP contribution is -2.37. The highest BCUT2D eigenvalue weighted by Gasteiger charge is 2.54. The number of hydrogen-bond donors (Lipinski definition) is 1. The minimum atomic E-state index is -0.276. The lowest BCUT2D eigenvalue weighted by Gasteiger charge is -2.37. The van der Waals surface area contributed by atoms with Crippen molar-refractivity contribution in [2.24, 2.45) is 35.5 Å². The molecule has 2 bridgehead atoms. The number of allylic oxidation sites excluding steroid dienone is 1. The average molecular weight is 219 g/mol. The standard InChI is InChI=1S/C14H21NO/c1-4-10-5-11-6-12(10)13(8(2)7-15)14(11)9(3)16/h4,8-14,16H,1,5-6H2,2-3H3/t8?,9?,10-,11?,12?,13?,14?/m0/s1. The second-order valence-corrected chi connectivity index (χ2v) is 5.61. The van der Waals surface area contributed by atoms with Gasteiger partial charge in [-0.25, -0.2) is 0 Å². The van der Waals surface area contributed by atoms with Crippen molar-refractivity contribution in [3.63, 3.8) is 0 Å². The van der Waals surface area contributed by atoms with Gasteiger partial charge in [0.25, 0.3) is 0 Å². The molecule has 0 spiro atoms. The Bertz CT molecular complexity index is 317. The van der Waals surface area contributed by atoms with Gasteiger partial charge in [-0.15, -0.1) is 6.58 Å².